The molecule has 1 aliphatic carbocycles. The molecule has 0 heterocycles. The molecule has 1 fully saturated rings. The number of anilines is 1. The van der Waals surface area contributed by atoms with Crippen LogP contribution in [0.4, 0.5) is 23.2 Å². The van der Waals surface area contributed by atoms with Gasteiger partial charge in [0.15, 0.2) is 0 Å². The molecule has 1 aliphatic rings. The normalized spacial score (nSPS) is 24.3. The van der Waals surface area contributed by atoms with E-state index >= 15 is 0 Å². The third-order valence-electron chi connectivity index (χ3n) is 3.35. The van der Waals surface area contributed by atoms with E-state index in [2.05, 4.69) is 5.32 Å². The Morgan fingerprint density at radius 2 is 1.74 bits per heavy atom. The standard InChI is InChI=1S/C13H15F4NO/c14-11-6-1-8(13(15,16)17)7-12(11)18-9-2-4-10(19)5-3-9/h1,6-7,9-10,18-19H,2-5H2. The Hall–Kier alpha value is -1.30. The molecule has 1 saturated carbocycles. The minimum atomic E-state index is -4.48. The van der Waals surface area contributed by atoms with Crippen molar-refractivity contribution < 1.29 is 22.7 Å². The Morgan fingerprint density at radius 3 is 2.32 bits per heavy atom. The largest absolute Gasteiger partial charge is 0.416 e. The van der Waals surface area contributed by atoms with E-state index < -0.39 is 17.6 Å². The van der Waals surface area contributed by atoms with Gasteiger partial charge in [0.1, 0.15) is 5.82 Å². The van der Waals surface area contributed by atoms with Crippen molar-refractivity contribution in [2.24, 2.45) is 0 Å². The van der Waals surface area contributed by atoms with E-state index in [1.807, 2.05) is 0 Å². The molecule has 0 saturated heterocycles. The zero-order chi connectivity index (χ0) is 14.0. The monoisotopic (exact) mass is 277 g/mol. The van der Waals surface area contributed by atoms with Gasteiger partial charge in [-0.3, -0.25) is 0 Å². The van der Waals surface area contributed by atoms with Gasteiger partial charge in [0, 0.05) is 6.04 Å². The zero-order valence-electron chi connectivity index (χ0n) is 10.2. The first kappa shape index (κ1) is 14.1. The number of aliphatic hydroxyl groups is 1. The van der Waals surface area contributed by atoms with Crippen LogP contribution in [0, 0.1) is 5.82 Å². The number of hydrogen-bond donors (Lipinski definition) is 2. The van der Waals surface area contributed by atoms with Gasteiger partial charge < -0.3 is 10.4 Å². The molecule has 0 unspecified atom stereocenters. The minimum absolute atomic E-state index is 0.0959. The Morgan fingerprint density at radius 1 is 1.11 bits per heavy atom. The summed E-state index contributed by atoms with van der Waals surface area (Å²) < 4.78 is 51.1. The third-order valence-corrected chi connectivity index (χ3v) is 3.35. The smallest absolute Gasteiger partial charge is 0.393 e. The van der Waals surface area contributed by atoms with Crippen LogP contribution in [-0.4, -0.2) is 17.3 Å². The van der Waals surface area contributed by atoms with Gasteiger partial charge in [-0.1, -0.05) is 0 Å². The van der Waals surface area contributed by atoms with Crippen molar-refractivity contribution in [1.82, 2.24) is 0 Å². The highest BCUT2D eigenvalue weighted by Crippen LogP contribution is 2.32. The summed E-state index contributed by atoms with van der Waals surface area (Å²) in [5, 5.41) is 12.1. The number of aliphatic hydroxyl groups excluding tert-OH is 1. The highest BCUT2D eigenvalue weighted by molar-refractivity contribution is 5.48. The lowest BCUT2D eigenvalue weighted by atomic mass is 9.93. The number of halogens is 4. The Labute approximate surface area is 108 Å². The molecule has 1 aromatic rings. The van der Waals surface area contributed by atoms with E-state index in [-0.39, 0.29) is 17.8 Å². The minimum Gasteiger partial charge on any atom is -0.393 e. The van der Waals surface area contributed by atoms with E-state index in [1.54, 1.807) is 0 Å². The lowest BCUT2D eigenvalue weighted by Crippen LogP contribution is -2.28. The fourth-order valence-corrected chi connectivity index (χ4v) is 2.25. The highest BCUT2D eigenvalue weighted by atomic mass is 19.4. The second kappa shape index (κ2) is 5.36. The van der Waals surface area contributed by atoms with Gasteiger partial charge >= 0.3 is 6.18 Å². The third kappa shape index (κ3) is 3.59. The Balaban J connectivity index is 2.11. The van der Waals surface area contributed by atoms with E-state index in [0.717, 1.165) is 18.2 Å². The van der Waals surface area contributed by atoms with Crippen LogP contribution in [0.2, 0.25) is 0 Å². The average Bonchev–Trinajstić information content (AvgIpc) is 2.33. The van der Waals surface area contributed by atoms with Crippen LogP contribution < -0.4 is 5.32 Å². The summed E-state index contributed by atoms with van der Waals surface area (Å²) in [6, 6.07) is 2.25. The number of hydrogen-bond acceptors (Lipinski definition) is 2. The average molecular weight is 277 g/mol. The summed E-state index contributed by atoms with van der Waals surface area (Å²) in [4.78, 5) is 0. The van der Waals surface area contributed by atoms with Crippen molar-refractivity contribution in [1.29, 1.82) is 0 Å². The van der Waals surface area contributed by atoms with Gasteiger partial charge in [-0.25, -0.2) is 4.39 Å². The second-order valence-corrected chi connectivity index (χ2v) is 4.84. The van der Waals surface area contributed by atoms with Gasteiger partial charge in [-0.2, -0.15) is 13.2 Å². The molecule has 19 heavy (non-hydrogen) atoms. The molecule has 0 atom stereocenters. The Bertz CT molecular complexity index is 439. The van der Waals surface area contributed by atoms with Gasteiger partial charge in [-0.15, -0.1) is 0 Å². The van der Waals surface area contributed by atoms with Crippen molar-refractivity contribution in [3.8, 4) is 0 Å². The van der Waals surface area contributed by atoms with Crippen molar-refractivity contribution in [3.63, 3.8) is 0 Å². The van der Waals surface area contributed by atoms with Crippen LogP contribution >= 0.6 is 0 Å². The predicted molar refractivity (Wildman–Crippen MR) is 63.3 cm³/mol. The van der Waals surface area contributed by atoms with E-state index in [0.29, 0.717) is 25.7 Å². The van der Waals surface area contributed by atoms with Crippen LogP contribution in [0.25, 0.3) is 0 Å². The summed E-state index contributed by atoms with van der Waals surface area (Å²) >= 11 is 0. The molecule has 2 nitrogen and oxygen atoms in total. The quantitative estimate of drug-likeness (QED) is 0.810. The van der Waals surface area contributed by atoms with Crippen LogP contribution in [0.5, 0.6) is 0 Å². The molecule has 2 rings (SSSR count). The first-order valence-electron chi connectivity index (χ1n) is 6.17. The zero-order valence-corrected chi connectivity index (χ0v) is 10.2. The molecule has 2 N–H and O–H groups in total. The van der Waals surface area contributed by atoms with Crippen molar-refractivity contribution in [3.05, 3.63) is 29.6 Å². The lowest BCUT2D eigenvalue weighted by molar-refractivity contribution is -0.137. The molecule has 0 amide bonds. The summed E-state index contributed by atoms with van der Waals surface area (Å²) in [6.45, 7) is 0. The summed E-state index contributed by atoms with van der Waals surface area (Å²) in [7, 11) is 0. The number of rotatable bonds is 2. The molecule has 0 radical (unpaired) electrons. The molecule has 0 aromatic heterocycles. The number of nitrogens with one attached hydrogen (secondary N) is 1. The van der Waals surface area contributed by atoms with Gasteiger partial charge in [-0.05, 0) is 43.9 Å². The molecule has 0 bridgehead atoms. The summed E-state index contributed by atoms with van der Waals surface area (Å²) in [6.07, 6.45) is -2.43. The topological polar surface area (TPSA) is 32.3 Å². The maximum atomic E-state index is 13.5. The van der Waals surface area contributed by atoms with Crippen molar-refractivity contribution >= 4 is 5.69 Å². The first-order chi connectivity index (χ1) is 8.86. The van der Waals surface area contributed by atoms with Crippen molar-refractivity contribution in [2.45, 2.75) is 44.0 Å². The second-order valence-electron chi connectivity index (χ2n) is 4.84. The summed E-state index contributed by atoms with van der Waals surface area (Å²) in [5.74, 6) is -0.695. The molecular formula is C13H15F4NO. The highest BCUT2D eigenvalue weighted by Gasteiger charge is 2.31. The van der Waals surface area contributed by atoms with Crippen LogP contribution in [0.3, 0.4) is 0 Å². The van der Waals surface area contributed by atoms with Gasteiger partial charge in [0.05, 0.1) is 17.4 Å². The lowest BCUT2D eigenvalue weighted by Gasteiger charge is -2.27. The number of alkyl halides is 3. The fourth-order valence-electron chi connectivity index (χ4n) is 2.25. The SMILES string of the molecule is OC1CCC(Nc2cc(C(F)(F)F)ccc2F)CC1. The fraction of sp³-hybridized carbons (Fsp3) is 0.538. The molecule has 106 valence electrons. The summed E-state index contributed by atoms with van der Waals surface area (Å²) in [5.41, 5.74) is -0.997. The molecule has 0 spiro atoms. The van der Waals surface area contributed by atoms with Crippen LogP contribution in [-0.2, 0) is 6.18 Å². The van der Waals surface area contributed by atoms with E-state index in [9.17, 15) is 22.7 Å². The van der Waals surface area contributed by atoms with E-state index in [1.165, 1.54) is 0 Å². The Kier molecular flexibility index (Phi) is 3.99. The van der Waals surface area contributed by atoms with Gasteiger partial charge in [0.25, 0.3) is 0 Å². The molecule has 1 aromatic carbocycles. The first-order valence-corrected chi connectivity index (χ1v) is 6.17. The molecule has 0 aliphatic heterocycles. The maximum Gasteiger partial charge on any atom is 0.416 e. The molecule has 6 heteroatoms. The molecular weight excluding hydrogens is 262 g/mol. The maximum absolute atomic E-state index is 13.5. The van der Waals surface area contributed by atoms with Crippen LogP contribution in [0.15, 0.2) is 18.2 Å². The van der Waals surface area contributed by atoms with Crippen molar-refractivity contribution in [2.75, 3.05) is 5.32 Å². The predicted octanol–water partition coefficient (Wildman–Crippen LogP) is 3.56. The van der Waals surface area contributed by atoms with Crippen LogP contribution in [0.1, 0.15) is 31.2 Å². The number of benzene rings is 1. The van der Waals surface area contributed by atoms with E-state index in [4.69, 9.17) is 0 Å². The van der Waals surface area contributed by atoms with Gasteiger partial charge in [0.2, 0.25) is 0 Å².